The van der Waals surface area contributed by atoms with Crippen molar-refractivity contribution in [3.63, 3.8) is 0 Å². The van der Waals surface area contributed by atoms with E-state index in [1.165, 1.54) is 11.3 Å². The monoisotopic (exact) mass is 337 g/mol. The van der Waals surface area contributed by atoms with Crippen LogP contribution in [-0.2, 0) is 27.2 Å². The first-order chi connectivity index (χ1) is 11.0. The predicted molar refractivity (Wildman–Crippen MR) is 86.9 cm³/mol. The van der Waals surface area contributed by atoms with E-state index in [4.69, 9.17) is 9.84 Å². The fourth-order valence-corrected chi connectivity index (χ4v) is 3.83. The molecule has 0 spiro atoms. The third-order valence-corrected chi connectivity index (χ3v) is 4.72. The summed E-state index contributed by atoms with van der Waals surface area (Å²) in [5, 5.41) is 11.6. The number of thiophene rings is 1. The van der Waals surface area contributed by atoms with E-state index in [-0.39, 0.29) is 6.61 Å². The number of nitrogens with one attached hydrogen (secondary N) is 1. The Morgan fingerprint density at radius 3 is 2.65 bits per heavy atom. The first-order valence-electron chi connectivity index (χ1n) is 7.56. The maximum absolute atomic E-state index is 12.3. The van der Waals surface area contributed by atoms with Crippen LogP contribution in [0.4, 0.5) is 5.00 Å². The van der Waals surface area contributed by atoms with Gasteiger partial charge in [-0.2, -0.15) is 0 Å². The zero-order chi connectivity index (χ0) is 16.8. The van der Waals surface area contributed by atoms with Crippen LogP contribution in [0, 0.1) is 0 Å². The van der Waals surface area contributed by atoms with Crippen LogP contribution in [0.2, 0.25) is 0 Å². The van der Waals surface area contributed by atoms with Crippen LogP contribution in [0.25, 0.3) is 0 Å². The summed E-state index contributed by atoms with van der Waals surface area (Å²) in [6, 6.07) is 0. The highest BCUT2D eigenvalue weighted by Crippen LogP contribution is 2.38. The molecule has 2 rings (SSSR count). The minimum absolute atomic E-state index is 0.260. The lowest BCUT2D eigenvalue weighted by atomic mass is 10.1. The number of amides is 1. The van der Waals surface area contributed by atoms with Gasteiger partial charge in [-0.25, -0.2) is 9.59 Å². The number of esters is 1. The predicted octanol–water partition coefficient (Wildman–Crippen LogP) is 2.77. The topological polar surface area (TPSA) is 92.7 Å². The molecule has 0 radical (unpaired) electrons. The summed E-state index contributed by atoms with van der Waals surface area (Å²) in [4.78, 5) is 35.7. The van der Waals surface area contributed by atoms with Gasteiger partial charge in [0, 0.05) is 17.0 Å². The second-order valence-corrected chi connectivity index (χ2v) is 6.26. The standard InChI is InChI=1S/C16H19NO5S/c1-2-22-16(21)14-10-6-4-3-5-7-11(10)23-15(14)17-12(18)8-9-13(19)20/h8-9H,2-7H2,1H3,(H,17,18)(H,19,20)/b9-8+. The van der Waals surface area contributed by atoms with E-state index in [1.807, 2.05) is 0 Å². The number of carboxylic acids is 1. The van der Waals surface area contributed by atoms with Gasteiger partial charge in [0.1, 0.15) is 5.00 Å². The number of carbonyl (C=O) groups is 3. The first kappa shape index (κ1) is 17.2. The molecule has 23 heavy (non-hydrogen) atoms. The van der Waals surface area contributed by atoms with Gasteiger partial charge in [0.2, 0.25) is 5.91 Å². The number of carbonyl (C=O) groups excluding carboxylic acids is 2. The van der Waals surface area contributed by atoms with Crippen molar-refractivity contribution in [3.05, 3.63) is 28.2 Å². The van der Waals surface area contributed by atoms with Crippen molar-refractivity contribution in [1.29, 1.82) is 0 Å². The smallest absolute Gasteiger partial charge is 0.341 e. The number of anilines is 1. The van der Waals surface area contributed by atoms with Gasteiger partial charge in [-0.1, -0.05) is 6.42 Å². The largest absolute Gasteiger partial charge is 0.478 e. The van der Waals surface area contributed by atoms with Crippen LogP contribution in [0.15, 0.2) is 12.2 Å². The van der Waals surface area contributed by atoms with Gasteiger partial charge in [-0.3, -0.25) is 4.79 Å². The Morgan fingerprint density at radius 2 is 1.96 bits per heavy atom. The highest BCUT2D eigenvalue weighted by atomic mass is 32.1. The molecule has 0 saturated carbocycles. The van der Waals surface area contributed by atoms with Crippen LogP contribution in [0.1, 0.15) is 47.0 Å². The Labute approximate surface area is 138 Å². The highest BCUT2D eigenvalue weighted by Gasteiger charge is 2.26. The van der Waals surface area contributed by atoms with Crippen molar-refractivity contribution in [2.24, 2.45) is 0 Å². The van der Waals surface area contributed by atoms with Crippen LogP contribution in [0.5, 0.6) is 0 Å². The molecule has 1 aliphatic rings. The molecule has 0 fully saturated rings. The Kier molecular flexibility index (Phi) is 5.92. The average molecular weight is 337 g/mol. The molecule has 1 aromatic rings. The van der Waals surface area contributed by atoms with E-state index >= 15 is 0 Å². The van der Waals surface area contributed by atoms with Crippen molar-refractivity contribution in [2.75, 3.05) is 11.9 Å². The number of hydrogen-bond donors (Lipinski definition) is 2. The number of ether oxygens (including phenoxy) is 1. The van der Waals surface area contributed by atoms with E-state index in [2.05, 4.69) is 5.32 Å². The number of fused-ring (bicyclic) bond motifs is 1. The van der Waals surface area contributed by atoms with E-state index in [1.54, 1.807) is 6.92 Å². The highest BCUT2D eigenvalue weighted by molar-refractivity contribution is 7.17. The zero-order valence-electron chi connectivity index (χ0n) is 12.9. The Balaban J connectivity index is 2.32. The summed E-state index contributed by atoms with van der Waals surface area (Å²) in [7, 11) is 0. The summed E-state index contributed by atoms with van der Waals surface area (Å²) in [5.41, 5.74) is 1.38. The molecule has 0 unspecified atom stereocenters. The van der Waals surface area contributed by atoms with Gasteiger partial charge in [-0.15, -0.1) is 11.3 Å². The number of carboxylic acid groups (broad SMARTS) is 1. The number of aliphatic carboxylic acids is 1. The van der Waals surface area contributed by atoms with E-state index in [0.717, 1.165) is 54.7 Å². The van der Waals surface area contributed by atoms with Gasteiger partial charge < -0.3 is 15.2 Å². The fraction of sp³-hybridized carbons (Fsp3) is 0.438. The van der Waals surface area contributed by atoms with Crippen LogP contribution >= 0.6 is 11.3 Å². The first-order valence-corrected chi connectivity index (χ1v) is 8.38. The lowest BCUT2D eigenvalue weighted by molar-refractivity contribution is -0.131. The normalized spacial score (nSPS) is 14.1. The SMILES string of the molecule is CCOC(=O)c1c(NC(=O)/C=C/C(=O)O)sc2c1CCCCC2. The molecule has 0 atom stereocenters. The Hall–Kier alpha value is -2.15. The van der Waals surface area contributed by atoms with Gasteiger partial charge >= 0.3 is 11.9 Å². The average Bonchev–Trinajstić information content (AvgIpc) is 2.66. The van der Waals surface area contributed by atoms with Crippen molar-refractivity contribution < 1.29 is 24.2 Å². The molecular weight excluding hydrogens is 318 g/mol. The number of aryl methyl sites for hydroxylation is 1. The Bertz CT molecular complexity index is 647. The lowest BCUT2D eigenvalue weighted by Crippen LogP contribution is -2.13. The second kappa shape index (κ2) is 7.92. The molecule has 0 aliphatic heterocycles. The van der Waals surface area contributed by atoms with Crippen molar-refractivity contribution in [2.45, 2.75) is 39.0 Å². The quantitative estimate of drug-likeness (QED) is 0.489. The van der Waals surface area contributed by atoms with Gasteiger partial charge in [0.15, 0.2) is 0 Å². The molecule has 1 aromatic heterocycles. The molecule has 7 heteroatoms. The molecule has 0 saturated heterocycles. The summed E-state index contributed by atoms with van der Waals surface area (Å²) >= 11 is 1.38. The van der Waals surface area contributed by atoms with Crippen molar-refractivity contribution in [1.82, 2.24) is 0 Å². The third-order valence-electron chi connectivity index (χ3n) is 3.51. The molecule has 1 amide bonds. The molecule has 6 nitrogen and oxygen atoms in total. The van der Waals surface area contributed by atoms with E-state index < -0.39 is 17.8 Å². The van der Waals surface area contributed by atoms with Gasteiger partial charge in [0.05, 0.1) is 12.2 Å². The zero-order valence-corrected chi connectivity index (χ0v) is 13.7. The molecule has 0 bridgehead atoms. The van der Waals surface area contributed by atoms with Gasteiger partial charge in [0.25, 0.3) is 0 Å². The lowest BCUT2D eigenvalue weighted by Gasteiger charge is -2.07. The van der Waals surface area contributed by atoms with Crippen molar-refractivity contribution in [3.8, 4) is 0 Å². The maximum atomic E-state index is 12.3. The number of rotatable bonds is 5. The second-order valence-electron chi connectivity index (χ2n) is 5.15. The van der Waals surface area contributed by atoms with Crippen LogP contribution in [0.3, 0.4) is 0 Å². The summed E-state index contributed by atoms with van der Waals surface area (Å²) in [6.45, 7) is 1.99. The molecule has 124 valence electrons. The minimum atomic E-state index is -1.20. The van der Waals surface area contributed by atoms with Crippen LogP contribution < -0.4 is 5.32 Å². The van der Waals surface area contributed by atoms with Crippen molar-refractivity contribution >= 4 is 34.2 Å². The molecule has 2 N–H and O–H groups in total. The summed E-state index contributed by atoms with van der Waals surface area (Å²) < 4.78 is 5.12. The van der Waals surface area contributed by atoms with E-state index in [0.29, 0.717) is 10.6 Å². The number of hydrogen-bond acceptors (Lipinski definition) is 5. The Morgan fingerprint density at radius 1 is 1.22 bits per heavy atom. The summed E-state index contributed by atoms with van der Waals surface area (Å²) in [6.07, 6.45) is 6.55. The third kappa shape index (κ3) is 4.41. The minimum Gasteiger partial charge on any atom is -0.478 e. The summed E-state index contributed by atoms with van der Waals surface area (Å²) in [5.74, 6) is -2.22. The molecule has 0 aromatic carbocycles. The molecule has 1 heterocycles. The maximum Gasteiger partial charge on any atom is 0.341 e. The molecular formula is C16H19NO5S. The van der Waals surface area contributed by atoms with Gasteiger partial charge in [-0.05, 0) is 38.2 Å². The van der Waals surface area contributed by atoms with E-state index in [9.17, 15) is 14.4 Å². The van der Waals surface area contributed by atoms with Crippen LogP contribution in [-0.4, -0.2) is 29.6 Å². The molecule has 1 aliphatic carbocycles. The fourth-order valence-electron chi connectivity index (χ4n) is 2.55.